The molecule has 0 saturated heterocycles. The summed E-state index contributed by atoms with van der Waals surface area (Å²) < 4.78 is 0. The van der Waals surface area contributed by atoms with Gasteiger partial charge in [-0.3, -0.25) is 4.79 Å². The molecule has 0 heterocycles. The van der Waals surface area contributed by atoms with Gasteiger partial charge in [-0.05, 0) is 25.0 Å². The molecule has 0 bridgehead atoms. The van der Waals surface area contributed by atoms with Crippen LogP contribution in [-0.4, -0.2) is 11.9 Å². The predicted molar refractivity (Wildman–Crippen MR) is 92.9 cm³/mol. The third-order valence-electron chi connectivity index (χ3n) is 4.21. The highest BCUT2D eigenvalue weighted by Crippen LogP contribution is 2.21. The zero-order valence-electron chi connectivity index (χ0n) is 13.9. The van der Waals surface area contributed by atoms with E-state index in [0.717, 1.165) is 25.7 Å². The van der Waals surface area contributed by atoms with Crippen LogP contribution in [0, 0.1) is 34.0 Å². The molecule has 2 rings (SSSR count). The fourth-order valence-electron chi connectivity index (χ4n) is 2.89. The van der Waals surface area contributed by atoms with Crippen molar-refractivity contribution in [3.05, 3.63) is 41.1 Å². The van der Waals surface area contributed by atoms with E-state index in [1.54, 1.807) is 42.5 Å². The van der Waals surface area contributed by atoms with Gasteiger partial charge in [-0.1, -0.05) is 37.8 Å². The lowest BCUT2D eigenvalue weighted by molar-refractivity contribution is 0.0934. The number of carbonyl (C=O) groups excluding carboxylic acids is 1. The summed E-state index contributed by atoms with van der Waals surface area (Å²) in [5.41, 5.74) is 0.295. The van der Waals surface area contributed by atoms with Crippen molar-refractivity contribution in [1.29, 1.82) is 15.8 Å². The van der Waals surface area contributed by atoms with Gasteiger partial charge in [0.1, 0.15) is 23.9 Å². The molecule has 126 valence electrons. The summed E-state index contributed by atoms with van der Waals surface area (Å²) >= 11 is 0. The molecule has 0 atom stereocenters. The number of nitriles is 3. The van der Waals surface area contributed by atoms with Crippen LogP contribution in [0.1, 0.15) is 48.9 Å². The first kappa shape index (κ1) is 18.0. The number of hydrogen-bond donors (Lipinski definition) is 2. The van der Waals surface area contributed by atoms with Crippen molar-refractivity contribution < 1.29 is 4.79 Å². The normalized spacial score (nSPS) is 14.1. The number of nitrogens with one attached hydrogen (secondary N) is 2. The summed E-state index contributed by atoms with van der Waals surface area (Å²) in [6.07, 6.45) is 6.56. The SMILES string of the molecule is N#CC(C#N)=C(C#N)Nc1ccccc1C(=O)NC1CCCCCC1. The summed E-state index contributed by atoms with van der Waals surface area (Å²) in [6, 6.07) is 12.1. The highest BCUT2D eigenvalue weighted by molar-refractivity contribution is 6.00. The molecule has 6 nitrogen and oxygen atoms in total. The van der Waals surface area contributed by atoms with E-state index in [0.29, 0.717) is 11.3 Å². The molecule has 0 unspecified atom stereocenters. The van der Waals surface area contributed by atoms with Gasteiger partial charge in [0.25, 0.3) is 5.91 Å². The number of para-hydroxylation sites is 1. The maximum atomic E-state index is 12.6. The van der Waals surface area contributed by atoms with Gasteiger partial charge >= 0.3 is 0 Å². The van der Waals surface area contributed by atoms with Gasteiger partial charge in [-0.25, -0.2) is 0 Å². The number of allylic oxidation sites excluding steroid dienone is 2. The molecule has 6 heteroatoms. The minimum atomic E-state index is -0.318. The Labute approximate surface area is 147 Å². The zero-order valence-corrected chi connectivity index (χ0v) is 13.9. The standard InChI is InChI=1S/C19H19N5O/c20-11-14(12-21)18(13-22)24-17-10-6-5-9-16(17)19(25)23-15-7-3-1-2-4-8-15/h5-6,9-10,15,24H,1-4,7-8H2,(H,23,25). The molecule has 1 amide bonds. The average Bonchev–Trinajstić information content (AvgIpc) is 2.90. The van der Waals surface area contributed by atoms with Crippen LogP contribution in [0.25, 0.3) is 0 Å². The van der Waals surface area contributed by atoms with E-state index in [2.05, 4.69) is 10.6 Å². The van der Waals surface area contributed by atoms with Crippen molar-refractivity contribution in [1.82, 2.24) is 5.32 Å². The second-order valence-corrected chi connectivity index (χ2v) is 5.92. The largest absolute Gasteiger partial charge is 0.349 e. The number of amides is 1. The van der Waals surface area contributed by atoms with Crippen LogP contribution in [0.15, 0.2) is 35.5 Å². The van der Waals surface area contributed by atoms with Crippen LogP contribution >= 0.6 is 0 Å². The van der Waals surface area contributed by atoms with Crippen LogP contribution < -0.4 is 10.6 Å². The maximum Gasteiger partial charge on any atom is 0.253 e. The zero-order chi connectivity index (χ0) is 18.1. The van der Waals surface area contributed by atoms with E-state index in [9.17, 15) is 4.79 Å². The minimum Gasteiger partial charge on any atom is -0.349 e. The van der Waals surface area contributed by atoms with Crippen molar-refractivity contribution in [2.75, 3.05) is 5.32 Å². The van der Waals surface area contributed by atoms with Crippen LogP contribution in [-0.2, 0) is 0 Å². The Kier molecular flexibility index (Phi) is 6.57. The lowest BCUT2D eigenvalue weighted by Crippen LogP contribution is -2.34. The summed E-state index contributed by atoms with van der Waals surface area (Å²) in [5, 5.41) is 32.8. The highest BCUT2D eigenvalue weighted by Gasteiger charge is 2.18. The fraction of sp³-hybridized carbons (Fsp3) is 0.368. The Balaban J connectivity index is 2.21. The van der Waals surface area contributed by atoms with Gasteiger partial charge in [0.05, 0.1) is 11.3 Å². The third-order valence-corrected chi connectivity index (χ3v) is 4.21. The first-order valence-corrected chi connectivity index (χ1v) is 8.31. The molecule has 1 saturated carbocycles. The van der Waals surface area contributed by atoms with E-state index < -0.39 is 0 Å². The lowest BCUT2D eigenvalue weighted by Gasteiger charge is -2.18. The number of rotatable bonds is 4. The fourth-order valence-corrected chi connectivity index (χ4v) is 2.89. The molecule has 1 fully saturated rings. The molecular formula is C19H19N5O. The predicted octanol–water partition coefficient (Wildman–Crippen LogP) is 3.38. The smallest absolute Gasteiger partial charge is 0.253 e. The first-order valence-electron chi connectivity index (χ1n) is 8.31. The molecule has 1 aliphatic rings. The molecule has 0 spiro atoms. The van der Waals surface area contributed by atoms with Gasteiger partial charge in [0, 0.05) is 6.04 Å². The van der Waals surface area contributed by atoms with Gasteiger partial charge in [-0.2, -0.15) is 15.8 Å². The number of nitrogens with zero attached hydrogens (tertiary/aromatic N) is 3. The minimum absolute atomic E-state index is 0.155. The second-order valence-electron chi connectivity index (χ2n) is 5.92. The average molecular weight is 333 g/mol. The molecule has 0 radical (unpaired) electrons. The van der Waals surface area contributed by atoms with Gasteiger partial charge in [-0.15, -0.1) is 0 Å². The van der Waals surface area contributed by atoms with E-state index >= 15 is 0 Å². The Hall–Kier alpha value is -3.30. The van der Waals surface area contributed by atoms with Crippen LogP contribution in [0.3, 0.4) is 0 Å². The molecule has 1 aromatic carbocycles. The van der Waals surface area contributed by atoms with E-state index in [4.69, 9.17) is 15.8 Å². The van der Waals surface area contributed by atoms with Gasteiger partial charge < -0.3 is 10.6 Å². The Morgan fingerprint density at radius 2 is 1.60 bits per heavy atom. The summed E-state index contributed by atoms with van der Waals surface area (Å²) in [4.78, 5) is 12.6. The van der Waals surface area contributed by atoms with Crippen LogP contribution in [0.2, 0.25) is 0 Å². The first-order chi connectivity index (χ1) is 12.2. The summed E-state index contributed by atoms with van der Waals surface area (Å²) in [7, 11) is 0. The molecular weight excluding hydrogens is 314 g/mol. The third kappa shape index (κ3) is 4.83. The second kappa shape index (κ2) is 9.11. The molecule has 1 aromatic rings. The van der Waals surface area contributed by atoms with Gasteiger partial charge in [0.2, 0.25) is 0 Å². The van der Waals surface area contributed by atoms with E-state index in [1.165, 1.54) is 12.8 Å². The molecule has 0 aromatic heterocycles. The molecule has 0 aliphatic heterocycles. The number of benzene rings is 1. The molecule has 2 N–H and O–H groups in total. The lowest BCUT2D eigenvalue weighted by atomic mass is 10.1. The van der Waals surface area contributed by atoms with Crippen molar-refractivity contribution in [2.24, 2.45) is 0 Å². The molecule has 25 heavy (non-hydrogen) atoms. The van der Waals surface area contributed by atoms with Gasteiger partial charge in [0.15, 0.2) is 5.57 Å². The Morgan fingerprint density at radius 1 is 0.960 bits per heavy atom. The van der Waals surface area contributed by atoms with Crippen LogP contribution in [0.4, 0.5) is 5.69 Å². The quantitative estimate of drug-likeness (QED) is 0.648. The Morgan fingerprint density at radius 3 is 2.20 bits per heavy atom. The number of carbonyl (C=O) groups is 1. The Bertz CT molecular complexity index is 767. The topological polar surface area (TPSA) is 112 Å². The van der Waals surface area contributed by atoms with E-state index in [1.807, 2.05) is 0 Å². The number of anilines is 1. The van der Waals surface area contributed by atoms with Crippen molar-refractivity contribution in [2.45, 2.75) is 44.6 Å². The van der Waals surface area contributed by atoms with Crippen molar-refractivity contribution in [3.8, 4) is 18.2 Å². The maximum absolute atomic E-state index is 12.6. The summed E-state index contributed by atoms with van der Waals surface area (Å²) in [5.74, 6) is -0.220. The number of hydrogen-bond acceptors (Lipinski definition) is 5. The monoisotopic (exact) mass is 333 g/mol. The molecule has 1 aliphatic carbocycles. The van der Waals surface area contributed by atoms with E-state index in [-0.39, 0.29) is 23.2 Å². The van der Waals surface area contributed by atoms with Crippen LogP contribution in [0.5, 0.6) is 0 Å². The van der Waals surface area contributed by atoms with Crippen molar-refractivity contribution >= 4 is 11.6 Å². The summed E-state index contributed by atoms with van der Waals surface area (Å²) in [6.45, 7) is 0. The van der Waals surface area contributed by atoms with Crippen molar-refractivity contribution in [3.63, 3.8) is 0 Å². The highest BCUT2D eigenvalue weighted by atomic mass is 16.1.